The number of benzene rings is 1. The van der Waals surface area contributed by atoms with Gasteiger partial charge in [-0.1, -0.05) is 31.5 Å². The molecule has 0 aliphatic rings. The zero-order chi connectivity index (χ0) is 13.5. The lowest BCUT2D eigenvalue weighted by atomic mass is 10.1. The van der Waals surface area contributed by atoms with E-state index in [1.807, 2.05) is 18.2 Å². The molecule has 4 heteroatoms. The normalized spacial score (nSPS) is 11.4. The lowest BCUT2D eigenvalue weighted by molar-refractivity contribution is 0.137. The van der Waals surface area contributed by atoms with E-state index in [0.717, 1.165) is 24.1 Å². The first-order valence-electron chi connectivity index (χ1n) is 6.51. The van der Waals surface area contributed by atoms with Crippen LogP contribution in [0, 0.1) is 0 Å². The Morgan fingerprint density at radius 3 is 2.50 bits per heavy atom. The topological polar surface area (TPSA) is 49.5 Å². The summed E-state index contributed by atoms with van der Waals surface area (Å²) in [6, 6.07) is 6.03. The van der Waals surface area contributed by atoms with Gasteiger partial charge in [0, 0.05) is 35.4 Å². The smallest absolute Gasteiger partial charge is 0.0558 e. The maximum atomic E-state index is 9.19. The predicted molar refractivity (Wildman–Crippen MR) is 77.7 cm³/mol. The van der Waals surface area contributed by atoms with Gasteiger partial charge < -0.3 is 10.8 Å². The van der Waals surface area contributed by atoms with E-state index in [-0.39, 0.29) is 6.61 Å². The molecule has 0 aliphatic carbocycles. The minimum Gasteiger partial charge on any atom is -0.398 e. The minimum absolute atomic E-state index is 0.154. The summed E-state index contributed by atoms with van der Waals surface area (Å²) in [5.74, 6) is 0. The van der Waals surface area contributed by atoms with Crippen LogP contribution in [0.15, 0.2) is 18.2 Å². The molecule has 0 spiro atoms. The Kier molecular flexibility index (Phi) is 6.47. The van der Waals surface area contributed by atoms with Crippen molar-refractivity contribution in [1.29, 1.82) is 0 Å². The van der Waals surface area contributed by atoms with Gasteiger partial charge in [0.05, 0.1) is 6.61 Å². The zero-order valence-electron chi connectivity index (χ0n) is 11.2. The number of nitrogen functional groups attached to an aromatic ring is 1. The standard InChI is InChI=1S/C14H23ClN2O/c1-3-11(4-2)17(8-9-18)10-12-13(15)6-5-7-14(12)16/h5-7,11,18H,3-4,8-10,16H2,1-2H3. The number of aliphatic hydroxyl groups is 1. The first-order valence-corrected chi connectivity index (χ1v) is 6.89. The summed E-state index contributed by atoms with van der Waals surface area (Å²) < 4.78 is 0. The van der Waals surface area contributed by atoms with Crippen molar-refractivity contribution in [2.24, 2.45) is 0 Å². The molecule has 0 atom stereocenters. The molecule has 0 aromatic heterocycles. The van der Waals surface area contributed by atoms with Crippen LogP contribution < -0.4 is 5.73 Å². The second-order valence-electron chi connectivity index (χ2n) is 4.47. The van der Waals surface area contributed by atoms with Crippen LogP contribution >= 0.6 is 11.6 Å². The second kappa shape index (κ2) is 7.62. The van der Waals surface area contributed by atoms with Crippen LogP contribution in [0.3, 0.4) is 0 Å². The van der Waals surface area contributed by atoms with Crippen molar-refractivity contribution in [2.75, 3.05) is 18.9 Å². The molecule has 1 aromatic carbocycles. The van der Waals surface area contributed by atoms with Crippen molar-refractivity contribution in [1.82, 2.24) is 4.90 Å². The highest BCUT2D eigenvalue weighted by molar-refractivity contribution is 6.31. The van der Waals surface area contributed by atoms with Gasteiger partial charge in [0.1, 0.15) is 0 Å². The Morgan fingerprint density at radius 2 is 2.00 bits per heavy atom. The number of hydrogen-bond donors (Lipinski definition) is 2. The lowest BCUT2D eigenvalue weighted by Gasteiger charge is -2.30. The van der Waals surface area contributed by atoms with Crippen LogP contribution in [-0.2, 0) is 6.54 Å². The summed E-state index contributed by atoms with van der Waals surface area (Å²) in [5, 5.41) is 9.89. The van der Waals surface area contributed by atoms with E-state index >= 15 is 0 Å². The zero-order valence-corrected chi connectivity index (χ0v) is 12.0. The molecule has 1 rings (SSSR count). The summed E-state index contributed by atoms with van der Waals surface area (Å²) in [6.07, 6.45) is 2.11. The Bertz CT molecular complexity index is 347. The molecule has 0 bridgehead atoms. The van der Waals surface area contributed by atoms with E-state index in [1.54, 1.807) is 0 Å². The first-order chi connectivity index (χ1) is 8.63. The van der Waals surface area contributed by atoms with Crippen LogP contribution in [-0.4, -0.2) is 29.2 Å². The molecule has 0 heterocycles. The van der Waals surface area contributed by atoms with E-state index in [4.69, 9.17) is 17.3 Å². The molecule has 0 fully saturated rings. The number of rotatable bonds is 7. The highest BCUT2D eigenvalue weighted by atomic mass is 35.5. The molecule has 18 heavy (non-hydrogen) atoms. The van der Waals surface area contributed by atoms with E-state index in [9.17, 15) is 5.11 Å². The molecule has 3 nitrogen and oxygen atoms in total. The van der Waals surface area contributed by atoms with Gasteiger partial charge in [-0.3, -0.25) is 4.90 Å². The summed E-state index contributed by atoms with van der Waals surface area (Å²) in [5.41, 5.74) is 7.65. The van der Waals surface area contributed by atoms with Gasteiger partial charge in [-0.2, -0.15) is 0 Å². The Balaban J connectivity index is 2.89. The fraction of sp³-hybridized carbons (Fsp3) is 0.571. The predicted octanol–water partition coefficient (Wildman–Crippen LogP) is 2.91. The number of hydrogen-bond acceptors (Lipinski definition) is 3. The minimum atomic E-state index is 0.154. The van der Waals surface area contributed by atoms with Crippen molar-refractivity contribution >= 4 is 17.3 Å². The van der Waals surface area contributed by atoms with Crippen LogP contribution in [0.1, 0.15) is 32.3 Å². The third kappa shape index (κ3) is 3.87. The number of nitrogens with two attached hydrogens (primary N) is 1. The van der Waals surface area contributed by atoms with Gasteiger partial charge in [0.25, 0.3) is 0 Å². The molecular weight excluding hydrogens is 248 g/mol. The third-order valence-electron chi connectivity index (χ3n) is 3.36. The molecule has 0 unspecified atom stereocenters. The van der Waals surface area contributed by atoms with Gasteiger partial charge in [-0.15, -0.1) is 0 Å². The van der Waals surface area contributed by atoms with Crippen molar-refractivity contribution in [2.45, 2.75) is 39.3 Å². The van der Waals surface area contributed by atoms with E-state index < -0.39 is 0 Å². The van der Waals surface area contributed by atoms with Crippen molar-refractivity contribution in [3.05, 3.63) is 28.8 Å². The van der Waals surface area contributed by atoms with E-state index in [0.29, 0.717) is 24.2 Å². The Hall–Kier alpha value is -0.770. The molecule has 0 radical (unpaired) electrons. The van der Waals surface area contributed by atoms with Crippen molar-refractivity contribution < 1.29 is 5.11 Å². The molecule has 0 amide bonds. The van der Waals surface area contributed by atoms with Crippen molar-refractivity contribution in [3.8, 4) is 0 Å². The first kappa shape index (κ1) is 15.3. The number of halogens is 1. The van der Waals surface area contributed by atoms with E-state index in [2.05, 4.69) is 18.7 Å². The molecule has 0 saturated carbocycles. The molecule has 0 saturated heterocycles. The van der Waals surface area contributed by atoms with Gasteiger partial charge in [-0.25, -0.2) is 0 Å². The summed E-state index contributed by atoms with van der Waals surface area (Å²) in [4.78, 5) is 2.25. The quantitative estimate of drug-likeness (QED) is 0.749. The molecule has 102 valence electrons. The molecule has 3 N–H and O–H groups in total. The van der Waals surface area contributed by atoms with Gasteiger partial charge in [0.15, 0.2) is 0 Å². The Morgan fingerprint density at radius 1 is 1.33 bits per heavy atom. The average Bonchev–Trinajstić information content (AvgIpc) is 2.35. The van der Waals surface area contributed by atoms with Crippen LogP contribution in [0.25, 0.3) is 0 Å². The SMILES string of the molecule is CCC(CC)N(CCO)Cc1c(N)cccc1Cl. The highest BCUT2D eigenvalue weighted by Crippen LogP contribution is 2.25. The number of aliphatic hydroxyl groups excluding tert-OH is 1. The largest absolute Gasteiger partial charge is 0.398 e. The summed E-state index contributed by atoms with van der Waals surface area (Å²) >= 11 is 6.20. The maximum absolute atomic E-state index is 9.19. The van der Waals surface area contributed by atoms with Gasteiger partial charge >= 0.3 is 0 Å². The second-order valence-corrected chi connectivity index (χ2v) is 4.88. The van der Waals surface area contributed by atoms with Gasteiger partial charge in [-0.05, 0) is 25.0 Å². The average molecular weight is 271 g/mol. The molecule has 1 aromatic rings. The van der Waals surface area contributed by atoms with Crippen LogP contribution in [0.4, 0.5) is 5.69 Å². The summed E-state index contributed by atoms with van der Waals surface area (Å²) in [6.45, 7) is 5.82. The van der Waals surface area contributed by atoms with Crippen molar-refractivity contribution in [3.63, 3.8) is 0 Å². The lowest BCUT2D eigenvalue weighted by Crippen LogP contribution is -2.36. The monoisotopic (exact) mass is 270 g/mol. The molecule has 0 aliphatic heterocycles. The molecular formula is C14H23ClN2O. The third-order valence-corrected chi connectivity index (χ3v) is 3.72. The van der Waals surface area contributed by atoms with Crippen LogP contribution in [0.2, 0.25) is 5.02 Å². The number of anilines is 1. The Labute approximate surface area is 115 Å². The fourth-order valence-corrected chi connectivity index (χ4v) is 2.51. The summed E-state index contributed by atoms with van der Waals surface area (Å²) in [7, 11) is 0. The maximum Gasteiger partial charge on any atom is 0.0558 e. The van der Waals surface area contributed by atoms with Crippen LogP contribution in [0.5, 0.6) is 0 Å². The number of nitrogens with zero attached hydrogens (tertiary/aromatic N) is 1. The highest BCUT2D eigenvalue weighted by Gasteiger charge is 2.17. The van der Waals surface area contributed by atoms with Gasteiger partial charge in [0.2, 0.25) is 0 Å². The van der Waals surface area contributed by atoms with E-state index in [1.165, 1.54) is 0 Å². The fourth-order valence-electron chi connectivity index (χ4n) is 2.27.